The Morgan fingerprint density at radius 2 is 1.95 bits per heavy atom. The molecule has 120 valence electrons. The molecule has 7 heteroatoms. The van der Waals surface area contributed by atoms with Gasteiger partial charge in [-0.05, 0) is 26.3 Å². The van der Waals surface area contributed by atoms with Gasteiger partial charge in [0.2, 0.25) is 0 Å². The van der Waals surface area contributed by atoms with E-state index in [1.165, 1.54) is 0 Å². The lowest BCUT2D eigenvalue weighted by Gasteiger charge is -2.21. The van der Waals surface area contributed by atoms with Crippen molar-refractivity contribution in [3.63, 3.8) is 0 Å². The summed E-state index contributed by atoms with van der Waals surface area (Å²) in [4.78, 5) is 0. The van der Waals surface area contributed by atoms with Gasteiger partial charge in [-0.3, -0.25) is 0 Å². The maximum Gasteiger partial charge on any atom is 0.321 e. The number of aliphatic hydroxyl groups is 2. The highest BCUT2D eigenvalue weighted by molar-refractivity contribution is 6.44. The molecule has 0 aromatic carbocycles. The number of aliphatic hydroxyl groups excluding tert-OH is 2. The van der Waals surface area contributed by atoms with Crippen LogP contribution in [-0.2, 0) is 18.3 Å². The van der Waals surface area contributed by atoms with Crippen LogP contribution in [0.1, 0.15) is 26.7 Å². The molecule has 0 saturated carbocycles. The zero-order valence-electron chi connectivity index (χ0n) is 12.5. The number of epoxide rings is 1. The molecule has 1 saturated heterocycles. The molecule has 0 spiro atoms. The van der Waals surface area contributed by atoms with Gasteiger partial charge >= 0.3 is 9.28 Å². The fourth-order valence-electron chi connectivity index (χ4n) is 1.97. The number of rotatable bonds is 13. The predicted molar refractivity (Wildman–Crippen MR) is 77.0 cm³/mol. The van der Waals surface area contributed by atoms with Crippen molar-refractivity contribution in [3.05, 3.63) is 0 Å². The van der Waals surface area contributed by atoms with E-state index >= 15 is 0 Å². The van der Waals surface area contributed by atoms with Crippen LogP contribution in [0.3, 0.4) is 0 Å². The zero-order valence-corrected chi connectivity index (χ0v) is 13.6. The van der Waals surface area contributed by atoms with Gasteiger partial charge in [-0.1, -0.05) is 0 Å². The molecule has 2 N–H and O–H groups in total. The fourth-order valence-corrected chi connectivity index (χ4v) is 3.79. The minimum absolute atomic E-state index is 0.0274. The van der Waals surface area contributed by atoms with E-state index in [1.54, 1.807) is 0 Å². The molecular weight excluding hydrogens is 280 g/mol. The van der Waals surface area contributed by atoms with Crippen LogP contribution in [0.25, 0.3) is 0 Å². The van der Waals surface area contributed by atoms with E-state index in [9.17, 15) is 5.11 Å². The van der Waals surface area contributed by atoms with Crippen LogP contribution >= 0.6 is 0 Å². The fraction of sp³-hybridized carbons (Fsp3) is 1.00. The van der Waals surface area contributed by atoms with Gasteiger partial charge in [-0.15, -0.1) is 0 Å². The molecule has 0 aromatic heterocycles. The molecule has 1 heterocycles. The summed E-state index contributed by atoms with van der Waals surface area (Å²) >= 11 is 0. The summed E-state index contributed by atoms with van der Waals surface area (Å²) in [6.45, 7) is 5.98. The molecule has 0 bridgehead atoms. The van der Waals surface area contributed by atoms with Gasteiger partial charge in [-0.2, -0.15) is 0 Å². The summed E-state index contributed by atoms with van der Waals surface area (Å²) in [5.74, 6) is 0. The topological polar surface area (TPSA) is 80.7 Å². The second-order valence-electron chi connectivity index (χ2n) is 4.90. The highest BCUT2D eigenvalue weighted by Crippen LogP contribution is 2.21. The molecule has 6 nitrogen and oxygen atoms in total. The SMILES string of the molecule is CCO[SiH](CCC(CC1CO1)OCC(O)CO)OCC. The molecule has 1 fully saturated rings. The molecule has 0 amide bonds. The van der Waals surface area contributed by atoms with E-state index in [0.717, 1.165) is 25.5 Å². The Labute approximate surface area is 122 Å². The van der Waals surface area contributed by atoms with Crippen molar-refractivity contribution in [3.8, 4) is 0 Å². The first-order valence-electron chi connectivity index (χ1n) is 7.44. The molecule has 0 aliphatic carbocycles. The molecular formula is C13H28O6Si. The van der Waals surface area contributed by atoms with E-state index in [1.807, 2.05) is 13.8 Å². The Kier molecular flexibility index (Phi) is 9.62. The molecule has 1 aliphatic rings. The van der Waals surface area contributed by atoms with Crippen molar-refractivity contribution in [2.45, 2.75) is 51.0 Å². The van der Waals surface area contributed by atoms with E-state index < -0.39 is 15.4 Å². The minimum Gasteiger partial charge on any atom is -0.397 e. The first-order valence-corrected chi connectivity index (χ1v) is 9.20. The third kappa shape index (κ3) is 8.31. The summed E-state index contributed by atoms with van der Waals surface area (Å²) < 4.78 is 22.2. The minimum atomic E-state index is -1.60. The number of hydrogen-bond acceptors (Lipinski definition) is 6. The van der Waals surface area contributed by atoms with Crippen molar-refractivity contribution in [2.75, 3.05) is 33.0 Å². The second kappa shape index (κ2) is 10.7. The average molecular weight is 308 g/mol. The quantitative estimate of drug-likeness (QED) is 0.374. The molecule has 20 heavy (non-hydrogen) atoms. The smallest absolute Gasteiger partial charge is 0.321 e. The Hall–Kier alpha value is -0.0231. The first kappa shape index (κ1) is 18.0. The molecule has 3 unspecified atom stereocenters. The van der Waals surface area contributed by atoms with Gasteiger partial charge in [0.05, 0.1) is 32.0 Å². The second-order valence-corrected chi connectivity index (χ2v) is 7.00. The third-order valence-electron chi connectivity index (χ3n) is 3.09. The van der Waals surface area contributed by atoms with Crippen molar-refractivity contribution < 1.29 is 28.5 Å². The normalized spacial score (nSPS) is 21.1. The van der Waals surface area contributed by atoms with E-state index in [2.05, 4.69) is 0 Å². The maximum absolute atomic E-state index is 9.36. The summed E-state index contributed by atoms with van der Waals surface area (Å²) in [6, 6.07) is 0.883. The van der Waals surface area contributed by atoms with Crippen LogP contribution in [-0.4, -0.2) is 70.8 Å². The monoisotopic (exact) mass is 308 g/mol. The molecule has 0 radical (unpaired) electrons. The Morgan fingerprint density at radius 1 is 1.30 bits per heavy atom. The largest absolute Gasteiger partial charge is 0.397 e. The molecule has 0 aromatic rings. The highest BCUT2D eigenvalue weighted by Gasteiger charge is 2.28. The van der Waals surface area contributed by atoms with Crippen LogP contribution in [0.15, 0.2) is 0 Å². The van der Waals surface area contributed by atoms with Crippen molar-refractivity contribution in [1.82, 2.24) is 0 Å². The highest BCUT2D eigenvalue weighted by atomic mass is 28.3. The summed E-state index contributed by atoms with van der Waals surface area (Å²) in [5, 5.41) is 18.2. The van der Waals surface area contributed by atoms with Crippen molar-refractivity contribution in [2.24, 2.45) is 0 Å². The van der Waals surface area contributed by atoms with Crippen LogP contribution in [0.5, 0.6) is 0 Å². The van der Waals surface area contributed by atoms with Crippen LogP contribution in [0.4, 0.5) is 0 Å². The van der Waals surface area contributed by atoms with E-state index in [-0.39, 0.29) is 25.4 Å². The third-order valence-corrected chi connectivity index (χ3v) is 5.31. The molecule has 1 aliphatic heterocycles. The molecule has 3 atom stereocenters. The van der Waals surface area contributed by atoms with E-state index in [4.69, 9.17) is 23.4 Å². The van der Waals surface area contributed by atoms with Gasteiger partial charge in [0.25, 0.3) is 0 Å². The lowest BCUT2D eigenvalue weighted by atomic mass is 10.1. The number of hydrogen-bond donors (Lipinski definition) is 2. The summed E-state index contributed by atoms with van der Waals surface area (Å²) in [5.41, 5.74) is 0. The van der Waals surface area contributed by atoms with Crippen LogP contribution < -0.4 is 0 Å². The van der Waals surface area contributed by atoms with Gasteiger partial charge in [0.15, 0.2) is 0 Å². The maximum atomic E-state index is 9.36. The standard InChI is InChI=1S/C13H28O6Si/c1-3-18-20(19-4-2)6-5-12(7-13-10-17-13)16-9-11(15)8-14/h11-15,20H,3-10H2,1-2H3. The lowest BCUT2D eigenvalue weighted by Crippen LogP contribution is -2.28. The predicted octanol–water partition coefficient (Wildman–Crippen LogP) is 0.197. The van der Waals surface area contributed by atoms with Crippen molar-refractivity contribution >= 4 is 9.28 Å². The molecule has 1 rings (SSSR count). The Balaban J connectivity index is 2.29. The van der Waals surface area contributed by atoms with Gasteiger partial charge in [0.1, 0.15) is 6.10 Å². The lowest BCUT2D eigenvalue weighted by molar-refractivity contribution is -0.0346. The van der Waals surface area contributed by atoms with Crippen LogP contribution in [0, 0.1) is 0 Å². The summed E-state index contributed by atoms with van der Waals surface area (Å²) in [7, 11) is -1.60. The Morgan fingerprint density at radius 3 is 2.45 bits per heavy atom. The Bertz CT molecular complexity index is 233. The van der Waals surface area contributed by atoms with Crippen molar-refractivity contribution in [1.29, 1.82) is 0 Å². The average Bonchev–Trinajstić information content (AvgIpc) is 3.25. The zero-order chi connectivity index (χ0) is 14.8. The van der Waals surface area contributed by atoms with Crippen LogP contribution in [0.2, 0.25) is 6.04 Å². The summed E-state index contributed by atoms with van der Waals surface area (Å²) in [6.07, 6.45) is 1.17. The van der Waals surface area contributed by atoms with Gasteiger partial charge in [0, 0.05) is 19.6 Å². The van der Waals surface area contributed by atoms with Gasteiger partial charge in [-0.25, -0.2) is 0 Å². The first-order chi connectivity index (χ1) is 9.69. The van der Waals surface area contributed by atoms with E-state index in [0.29, 0.717) is 13.2 Å². The number of ether oxygens (including phenoxy) is 2. The van der Waals surface area contributed by atoms with Gasteiger partial charge < -0.3 is 28.5 Å².